The molecule has 3 aliphatic rings. The topological polar surface area (TPSA) is 26.7 Å². The summed E-state index contributed by atoms with van der Waals surface area (Å²) in [7, 11) is 0. The van der Waals surface area contributed by atoms with E-state index in [1.54, 1.807) is 0 Å². The van der Waals surface area contributed by atoms with E-state index in [1.165, 1.54) is 13.1 Å². The van der Waals surface area contributed by atoms with Crippen molar-refractivity contribution in [2.75, 3.05) is 32.7 Å². The molecule has 0 aliphatic carbocycles. The van der Waals surface area contributed by atoms with Gasteiger partial charge in [0, 0.05) is 45.2 Å². The predicted octanol–water partition coefficient (Wildman–Crippen LogP) is -0.239. The van der Waals surface area contributed by atoms with Crippen LogP contribution in [0.15, 0.2) is 0 Å². The number of aliphatic hydroxyl groups is 1. The summed E-state index contributed by atoms with van der Waals surface area (Å²) in [6, 6.07) is 0.318. The second-order valence-corrected chi connectivity index (χ2v) is 4.10. The number of fused-ring (bicyclic) bond motifs is 3. The Labute approximate surface area is 85.7 Å². The van der Waals surface area contributed by atoms with Crippen molar-refractivity contribution in [3.63, 3.8) is 0 Å². The fourth-order valence-corrected chi connectivity index (χ4v) is 2.37. The van der Waals surface area contributed by atoms with Gasteiger partial charge in [0.15, 0.2) is 0 Å². The minimum Gasteiger partial charge on any atom is -0.390 e. The Balaban J connectivity index is 1.93. The Morgan fingerprint density at radius 2 is 2.07 bits per heavy atom. The van der Waals surface area contributed by atoms with Gasteiger partial charge >= 0.3 is 0 Å². The summed E-state index contributed by atoms with van der Waals surface area (Å²) in [5, 5.41) is 9.96. The molecule has 3 heteroatoms. The molecule has 3 fully saturated rings. The molecular weight excluding hydrogens is 176 g/mol. The fraction of sp³-hybridized carbons (Fsp3) is 0.818. The first kappa shape index (κ1) is 9.97. The molecule has 0 radical (unpaired) electrons. The number of hydrogen-bond acceptors (Lipinski definition) is 3. The number of nitrogens with zero attached hydrogens (tertiary/aromatic N) is 2. The molecule has 2 bridgehead atoms. The van der Waals surface area contributed by atoms with Gasteiger partial charge in [-0.25, -0.2) is 0 Å². The Kier molecular flexibility index (Phi) is 3.07. The zero-order chi connectivity index (χ0) is 9.97. The van der Waals surface area contributed by atoms with Crippen LogP contribution < -0.4 is 0 Å². The lowest BCUT2D eigenvalue weighted by molar-refractivity contribution is -0.0439. The highest BCUT2D eigenvalue weighted by molar-refractivity contribution is 5.01. The molecule has 3 aliphatic heterocycles. The van der Waals surface area contributed by atoms with Crippen LogP contribution in [0, 0.1) is 11.8 Å². The van der Waals surface area contributed by atoms with Crippen LogP contribution in [0.1, 0.15) is 13.3 Å². The van der Waals surface area contributed by atoms with E-state index in [0.717, 1.165) is 19.6 Å². The van der Waals surface area contributed by atoms with E-state index >= 15 is 0 Å². The average Bonchev–Trinajstić information content (AvgIpc) is 2.27. The first-order valence-electron chi connectivity index (χ1n) is 5.35. The lowest BCUT2D eigenvalue weighted by Gasteiger charge is -2.48. The van der Waals surface area contributed by atoms with Crippen molar-refractivity contribution in [1.82, 2.24) is 9.80 Å². The monoisotopic (exact) mass is 194 g/mol. The summed E-state index contributed by atoms with van der Waals surface area (Å²) in [5.41, 5.74) is 0. The molecule has 2 atom stereocenters. The van der Waals surface area contributed by atoms with Crippen molar-refractivity contribution in [3.8, 4) is 11.8 Å². The van der Waals surface area contributed by atoms with Gasteiger partial charge in [0.05, 0.1) is 6.10 Å². The van der Waals surface area contributed by atoms with Gasteiger partial charge < -0.3 is 5.11 Å². The molecule has 78 valence electrons. The van der Waals surface area contributed by atoms with E-state index in [1.807, 2.05) is 6.92 Å². The normalized spacial score (nSPS) is 37.4. The van der Waals surface area contributed by atoms with Crippen LogP contribution in [0.4, 0.5) is 0 Å². The van der Waals surface area contributed by atoms with E-state index in [4.69, 9.17) is 0 Å². The van der Waals surface area contributed by atoms with Crippen molar-refractivity contribution < 1.29 is 5.11 Å². The van der Waals surface area contributed by atoms with Crippen molar-refractivity contribution in [1.29, 1.82) is 0 Å². The molecule has 1 N–H and O–H groups in total. The van der Waals surface area contributed by atoms with Gasteiger partial charge in [0.25, 0.3) is 0 Å². The summed E-state index contributed by atoms with van der Waals surface area (Å²) >= 11 is 0. The zero-order valence-electron chi connectivity index (χ0n) is 8.74. The third-order valence-corrected chi connectivity index (χ3v) is 3.25. The van der Waals surface area contributed by atoms with Gasteiger partial charge in [-0.3, -0.25) is 9.80 Å². The first-order chi connectivity index (χ1) is 6.81. The standard InChI is InChI=1S/C11H18N2O/c1-2-3-4-11(14)10-9-12-5-7-13(10)8-6-12/h10-11,14H,4-9H2,1H3. The van der Waals surface area contributed by atoms with Gasteiger partial charge in [-0.05, 0) is 6.92 Å². The molecule has 0 amide bonds. The number of rotatable bonds is 2. The fourth-order valence-electron chi connectivity index (χ4n) is 2.37. The maximum absolute atomic E-state index is 9.96. The minimum atomic E-state index is -0.273. The van der Waals surface area contributed by atoms with E-state index in [-0.39, 0.29) is 6.10 Å². The highest BCUT2D eigenvalue weighted by Gasteiger charge is 2.35. The van der Waals surface area contributed by atoms with Crippen LogP contribution in [0.3, 0.4) is 0 Å². The molecule has 0 aromatic carbocycles. The Hall–Kier alpha value is -0.560. The van der Waals surface area contributed by atoms with Gasteiger partial charge in [-0.2, -0.15) is 0 Å². The van der Waals surface area contributed by atoms with Crippen LogP contribution in [0.25, 0.3) is 0 Å². The molecule has 3 nitrogen and oxygen atoms in total. The zero-order valence-corrected chi connectivity index (χ0v) is 8.74. The molecule has 0 aromatic rings. The van der Waals surface area contributed by atoms with Crippen LogP contribution in [0.5, 0.6) is 0 Å². The van der Waals surface area contributed by atoms with Crippen molar-refractivity contribution in [2.24, 2.45) is 0 Å². The molecule has 3 saturated heterocycles. The second kappa shape index (κ2) is 4.31. The summed E-state index contributed by atoms with van der Waals surface area (Å²) in [5.74, 6) is 5.80. The highest BCUT2D eigenvalue weighted by atomic mass is 16.3. The number of piperazine rings is 3. The Morgan fingerprint density at radius 1 is 1.36 bits per heavy atom. The van der Waals surface area contributed by atoms with Gasteiger partial charge in [-0.15, -0.1) is 11.8 Å². The maximum atomic E-state index is 9.96. The summed E-state index contributed by atoms with van der Waals surface area (Å²) in [4.78, 5) is 4.84. The molecule has 14 heavy (non-hydrogen) atoms. The van der Waals surface area contributed by atoms with Crippen LogP contribution in [-0.2, 0) is 0 Å². The van der Waals surface area contributed by atoms with Crippen molar-refractivity contribution in [2.45, 2.75) is 25.5 Å². The summed E-state index contributed by atoms with van der Waals surface area (Å²) < 4.78 is 0. The van der Waals surface area contributed by atoms with E-state index in [0.29, 0.717) is 12.5 Å². The van der Waals surface area contributed by atoms with E-state index in [9.17, 15) is 5.11 Å². The third kappa shape index (κ3) is 1.93. The van der Waals surface area contributed by atoms with Crippen molar-refractivity contribution >= 4 is 0 Å². The first-order valence-corrected chi connectivity index (χ1v) is 5.35. The largest absolute Gasteiger partial charge is 0.390 e. The molecular formula is C11H18N2O. The van der Waals surface area contributed by atoms with Gasteiger partial charge in [0.1, 0.15) is 0 Å². The van der Waals surface area contributed by atoms with Crippen LogP contribution in [-0.4, -0.2) is 59.8 Å². The molecule has 0 aromatic heterocycles. The quantitative estimate of drug-likeness (QED) is 0.615. The van der Waals surface area contributed by atoms with Crippen LogP contribution in [0.2, 0.25) is 0 Å². The molecule has 0 spiro atoms. The smallest absolute Gasteiger partial charge is 0.0816 e. The lowest BCUT2D eigenvalue weighted by Crippen LogP contribution is -2.64. The highest BCUT2D eigenvalue weighted by Crippen LogP contribution is 2.19. The van der Waals surface area contributed by atoms with E-state index < -0.39 is 0 Å². The van der Waals surface area contributed by atoms with E-state index in [2.05, 4.69) is 21.6 Å². The summed E-state index contributed by atoms with van der Waals surface area (Å²) in [6.45, 7) is 7.41. The average molecular weight is 194 g/mol. The third-order valence-electron chi connectivity index (χ3n) is 3.25. The number of hydrogen-bond donors (Lipinski definition) is 1. The van der Waals surface area contributed by atoms with Gasteiger partial charge in [-0.1, -0.05) is 0 Å². The lowest BCUT2D eigenvalue weighted by atomic mass is 10.0. The molecule has 2 unspecified atom stereocenters. The Morgan fingerprint density at radius 3 is 2.57 bits per heavy atom. The second-order valence-electron chi connectivity index (χ2n) is 4.10. The maximum Gasteiger partial charge on any atom is 0.0816 e. The number of aliphatic hydroxyl groups excluding tert-OH is 1. The van der Waals surface area contributed by atoms with Gasteiger partial charge in [0.2, 0.25) is 0 Å². The minimum absolute atomic E-state index is 0.273. The summed E-state index contributed by atoms with van der Waals surface area (Å²) in [6.07, 6.45) is 0.344. The van der Waals surface area contributed by atoms with Crippen LogP contribution >= 0.6 is 0 Å². The van der Waals surface area contributed by atoms with Crippen molar-refractivity contribution in [3.05, 3.63) is 0 Å². The SMILES string of the molecule is CC#CCC(O)C1CN2CCN1CC2. The molecule has 0 saturated carbocycles. The molecule has 3 heterocycles. The molecule has 3 rings (SSSR count). The Bertz CT molecular complexity index is 248. The predicted molar refractivity (Wildman–Crippen MR) is 55.9 cm³/mol.